The first kappa shape index (κ1) is 13.8. The van der Waals surface area contributed by atoms with Crippen molar-refractivity contribution in [3.05, 3.63) is 12.3 Å². The summed E-state index contributed by atoms with van der Waals surface area (Å²) in [6.45, 7) is 0. The molecule has 14 heavy (non-hydrogen) atoms. The van der Waals surface area contributed by atoms with E-state index in [4.69, 9.17) is 5.11 Å². The summed E-state index contributed by atoms with van der Waals surface area (Å²) < 4.78 is 53.8. The average molecular weight is 257 g/mol. The van der Waals surface area contributed by atoms with Gasteiger partial charge in [0.05, 0.1) is 13.4 Å². The van der Waals surface area contributed by atoms with Crippen LogP contribution in [0.1, 0.15) is 0 Å². The van der Waals surface area contributed by atoms with Crippen LogP contribution in [-0.4, -0.2) is 28.6 Å². The first-order valence-electron chi connectivity index (χ1n) is 3.12. The number of aliphatic hydroxyl groups is 1. The number of alkyl halides is 6. The number of ether oxygens (including phenoxy) is 1. The van der Waals surface area contributed by atoms with Gasteiger partial charge in [-0.05, 0) is 29.3 Å². The molecule has 0 aromatic carbocycles. The summed E-state index contributed by atoms with van der Waals surface area (Å²) in [6, 6.07) is 0. The van der Waals surface area contributed by atoms with E-state index in [9.17, 15) is 17.6 Å². The molecular formula is C6H6Cl2F4O2. The normalized spacial score (nSPS) is 14.9. The van der Waals surface area contributed by atoms with Crippen molar-refractivity contribution in [3.63, 3.8) is 0 Å². The van der Waals surface area contributed by atoms with Crippen LogP contribution in [0.25, 0.3) is 0 Å². The van der Waals surface area contributed by atoms with Crippen LogP contribution in [0, 0.1) is 0 Å². The van der Waals surface area contributed by atoms with Crippen LogP contribution in [0.5, 0.6) is 0 Å². The highest BCUT2D eigenvalue weighted by Crippen LogP contribution is 2.46. The molecular weight excluding hydrogens is 251 g/mol. The van der Waals surface area contributed by atoms with E-state index in [0.29, 0.717) is 6.26 Å². The third-order valence-electron chi connectivity index (χ3n) is 1.31. The van der Waals surface area contributed by atoms with Gasteiger partial charge in [0.2, 0.25) is 5.60 Å². The minimum Gasteiger partial charge on any atom is -0.505 e. The fourth-order valence-electron chi connectivity index (χ4n) is 0.516. The zero-order valence-corrected chi connectivity index (χ0v) is 8.29. The standard InChI is InChI=1S/C6H6Cl2F4O2/c1-14-3-2-4(13,5(7,9)10)6(8,11)12/h2-3,13H,1H3. The molecule has 0 radical (unpaired) electrons. The van der Waals surface area contributed by atoms with E-state index < -0.39 is 16.4 Å². The van der Waals surface area contributed by atoms with Crippen LogP contribution < -0.4 is 0 Å². The second-order valence-corrected chi connectivity index (χ2v) is 3.25. The zero-order valence-electron chi connectivity index (χ0n) is 6.78. The lowest BCUT2D eigenvalue weighted by atomic mass is 10.1. The van der Waals surface area contributed by atoms with Crippen molar-refractivity contribution in [1.82, 2.24) is 0 Å². The van der Waals surface area contributed by atoms with Gasteiger partial charge in [-0.1, -0.05) is 0 Å². The third kappa shape index (κ3) is 2.65. The Kier molecular flexibility index (Phi) is 4.06. The maximum Gasteiger partial charge on any atom is 0.361 e. The van der Waals surface area contributed by atoms with Gasteiger partial charge in [-0.25, -0.2) is 0 Å². The largest absolute Gasteiger partial charge is 0.505 e. The lowest BCUT2D eigenvalue weighted by Crippen LogP contribution is -2.54. The smallest absolute Gasteiger partial charge is 0.361 e. The molecule has 84 valence electrons. The number of hydrogen-bond donors (Lipinski definition) is 1. The summed E-state index contributed by atoms with van der Waals surface area (Å²) in [4.78, 5) is 0. The SMILES string of the molecule is COC=CC(O)(C(F)(F)Cl)C(F)(F)Cl. The van der Waals surface area contributed by atoms with Crippen molar-refractivity contribution in [3.8, 4) is 0 Å². The van der Waals surface area contributed by atoms with Crippen LogP contribution >= 0.6 is 23.2 Å². The van der Waals surface area contributed by atoms with Gasteiger partial charge >= 0.3 is 10.8 Å². The van der Waals surface area contributed by atoms with Gasteiger partial charge in [0, 0.05) is 0 Å². The Hall–Kier alpha value is -0.200. The zero-order chi connectivity index (χ0) is 11.6. The predicted molar refractivity (Wildman–Crippen MR) is 42.7 cm³/mol. The quantitative estimate of drug-likeness (QED) is 0.476. The van der Waals surface area contributed by atoms with E-state index in [2.05, 4.69) is 27.9 Å². The second kappa shape index (κ2) is 4.12. The van der Waals surface area contributed by atoms with E-state index in [1.807, 2.05) is 0 Å². The molecule has 0 aromatic rings. The molecule has 0 saturated heterocycles. The van der Waals surface area contributed by atoms with Crippen LogP contribution in [0.4, 0.5) is 17.6 Å². The van der Waals surface area contributed by atoms with Crippen molar-refractivity contribution in [2.45, 2.75) is 16.4 Å². The van der Waals surface area contributed by atoms with Crippen molar-refractivity contribution in [2.24, 2.45) is 0 Å². The molecule has 0 aliphatic rings. The van der Waals surface area contributed by atoms with E-state index >= 15 is 0 Å². The Morgan fingerprint density at radius 2 is 1.50 bits per heavy atom. The summed E-state index contributed by atoms with van der Waals surface area (Å²) in [5.74, 6) is 0. The van der Waals surface area contributed by atoms with Crippen molar-refractivity contribution >= 4 is 23.2 Å². The van der Waals surface area contributed by atoms with Crippen LogP contribution in [-0.2, 0) is 4.74 Å². The maximum atomic E-state index is 12.4. The van der Waals surface area contributed by atoms with E-state index in [0.717, 1.165) is 7.11 Å². The minimum atomic E-state index is -4.63. The molecule has 0 bridgehead atoms. The molecule has 2 nitrogen and oxygen atoms in total. The molecule has 0 spiro atoms. The second-order valence-electron chi connectivity index (χ2n) is 2.30. The molecule has 0 fully saturated rings. The van der Waals surface area contributed by atoms with Gasteiger partial charge in [0.1, 0.15) is 0 Å². The van der Waals surface area contributed by atoms with Gasteiger partial charge in [0.15, 0.2) is 0 Å². The molecule has 0 atom stereocenters. The molecule has 8 heteroatoms. The van der Waals surface area contributed by atoms with Gasteiger partial charge in [0.25, 0.3) is 0 Å². The Morgan fingerprint density at radius 3 is 1.71 bits per heavy atom. The molecule has 0 aliphatic heterocycles. The Balaban J connectivity index is 5.18. The first-order valence-corrected chi connectivity index (χ1v) is 3.88. The van der Waals surface area contributed by atoms with Gasteiger partial charge in [-0.15, -0.1) is 0 Å². The van der Waals surface area contributed by atoms with E-state index in [1.54, 1.807) is 0 Å². The molecule has 0 heterocycles. The van der Waals surface area contributed by atoms with Gasteiger partial charge in [-0.3, -0.25) is 0 Å². The van der Waals surface area contributed by atoms with Crippen molar-refractivity contribution in [2.75, 3.05) is 7.11 Å². The molecule has 0 amide bonds. The minimum absolute atomic E-state index is 0.0208. The highest BCUT2D eigenvalue weighted by Gasteiger charge is 2.65. The molecule has 0 aliphatic carbocycles. The van der Waals surface area contributed by atoms with Crippen molar-refractivity contribution < 1.29 is 27.4 Å². The van der Waals surface area contributed by atoms with Crippen molar-refractivity contribution in [1.29, 1.82) is 0 Å². The lowest BCUT2D eigenvalue weighted by molar-refractivity contribution is -0.188. The predicted octanol–water partition coefficient (Wildman–Crippen LogP) is 2.54. The summed E-state index contributed by atoms with van der Waals surface area (Å²) in [6.07, 6.45) is 0.402. The third-order valence-corrected chi connectivity index (χ3v) is 1.89. The fourth-order valence-corrected chi connectivity index (χ4v) is 0.928. The summed E-state index contributed by atoms with van der Waals surface area (Å²) in [5.41, 5.74) is -4.01. The monoisotopic (exact) mass is 256 g/mol. The maximum absolute atomic E-state index is 12.4. The Bertz CT molecular complexity index is 207. The fraction of sp³-hybridized carbons (Fsp3) is 0.667. The highest BCUT2D eigenvalue weighted by atomic mass is 35.5. The lowest BCUT2D eigenvalue weighted by Gasteiger charge is -2.31. The summed E-state index contributed by atoms with van der Waals surface area (Å²) in [5, 5.41) is -0.379. The number of halogens is 6. The van der Waals surface area contributed by atoms with Gasteiger partial charge < -0.3 is 9.84 Å². The van der Waals surface area contributed by atoms with Crippen LogP contribution in [0.2, 0.25) is 0 Å². The topological polar surface area (TPSA) is 29.5 Å². The number of methoxy groups -OCH3 is 1. The molecule has 1 N–H and O–H groups in total. The first-order chi connectivity index (χ1) is 6.06. The van der Waals surface area contributed by atoms with Gasteiger partial charge in [-0.2, -0.15) is 17.6 Å². The number of hydrogen-bond acceptors (Lipinski definition) is 2. The molecule has 0 saturated carbocycles. The molecule has 0 unspecified atom stereocenters. The molecule has 0 rings (SSSR count). The van der Waals surface area contributed by atoms with Crippen LogP contribution in [0.3, 0.4) is 0 Å². The Morgan fingerprint density at radius 1 is 1.14 bits per heavy atom. The van der Waals surface area contributed by atoms with E-state index in [-0.39, 0.29) is 6.08 Å². The summed E-state index contributed by atoms with van der Waals surface area (Å²) in [7, 11) is 1.01. The average Bonchev–Trinajstić information content (AvgIpc) is 1.95. The molecule has 0 aromatic heterocycles. The van der Waals surface area contributed by atoms with Crippen LogP contribution in [0.15, 0.2) is 12.3 Å². The Labute approximate surface area is 87.1 Å². The number of rotatable bonds is 4. The summed E-state index contributed by atoms with van der Waals surface area (Å²) >= 11 is 8.61. The van der Waals surface area contributed by atoms with E-state index in [1.165, 1.54) is 0 Å². The highest BCUT2D eigenvalue weighted by molar-refractivity contribution is 6.26.